The zero-order valence-electron chi connectivity index (χ0n) is 36.2. The van der Waals surface area contributed by atoms with E-state index < -0.39 is 12.2 Å². The quantitative estimate of drug-likeness (QED) is 0.152. The molecule has 326 valence electrons. The van der Waals surface area contributed by atoms with Crippen molar-refractivity contribution in [3.05, 3.63) is 183 Å². The van der Waals surface area contributed by atoms with Gasteiger partial charge in [0.05, 0.1) is 52.3 Å². The molecule has 6 aromatic rings. The monoisotopic (exact) mass is 851 g/mol. The molecule has 12 rings (SSSR count). The van der Waals surface area contributed by atoms with E-state index in [0.717, 1.165) is 70.1 Å². The fourth-order valence-electron chi connectivity index (χ4n) is 9.22. The van der Waals surface area contributed by atoms with Crippen molar-refractivity contribution in [2.24, 2.45) is 5.92 Å². The fraction of sp³-hybridized carbons (Fsp3) is 0.250. The van der Waals surface area contributed by atoms with Crippen molar-refractivity contribution in [1.29, 1.82) is 0 Å². The van der Waals surface area contributed by atoms with Gasteiger partial charge in [0.15, 0.2) is 34.5 Å². The van der Waals surface area contributed by atoms with Gasteiger partial charge in [-0.3, -0.25) is 0 Å². The van der Waals surface area contributed by atoms with Crippen LogP contribution in [0.5, 0.6) is 34.5 Å². The van der Waals surface area contributed by atoms with Crippen LogP contribution in [0.3, 0.4) is 0 Å². The lowest BCUT2D eigenvalue weighted by Gasteiger charge is -2.43. The van der Waals surface area contributed by atoms with E-state index in [-0.39, 0.29) is 6.04 Å². The van der Waals surface area contributed by atoms with E-state index in [1.165, 1.54) is 49.9 Å². The number of hydrogen-bond acceptors (Lipinski definition) is 8. The molecule has 8 heteroatoms. The van der Waals surface area contributed by atoms with E-state index >= 15 is 0 Å². The van der Waals surface area contributed by atoms with Crippen LogP contribution in [-0.4, -0.2) is 34.5 Å². The Morgan fingerprint density at radius 1 is 0.484 bits per heavy atom. The Morgan fingerprint density at radius 3 is 1.38 bits per heavy atom. The number of nitrogens with zero attached hydrogens (tertiary/aromatic N) is 2. The number of nitrogens with one attached hydrogen (secondary N) is 1. The van der Waals surface area contributed by atoms with Crippen molar-refractivity contribution >= 4 is 34.1 Å². The molecule has 0 amide bonds. The summed E-state index contributed by atoms with van der Waals surface area (Å²) in [6, 6.07) is 48.4. The van der Waals surface area contributed by atoms with Gasteiger partial charge in [-0.15, -0.1) is 6.58 Å². The summed E-state index contributed by atoms with van der Waals surface area (Å²) in [5.74, 6) is 5.90. The van der Waals surface area contributed by atoms with Crippen molar-refractivity contribution in [3.8, 4) is 34.5 Å². The van der Waals surface area contributed by atoms with E-state index in [2.05, 4.69) is 70.3 Å². The molecule has 0 aromatic heterocycles. The third kappa shape index (κ3) is 9.44. The van der Waals surface area contributed by atoms with Crippen molar-refractivity contribution in [1.82, 2.24) is 0 Å². The molecule has 0 saturated heterocycles. The smallest absolute Gasteiger partial charge is 0.151 e. The first-order valence-corrected chi connectivity index (χ1v) is 22.8. The van der Waals surface area contributed by atoms with Gasteiger partial charge in [0.2, 0.25) is 0 Å². The SMILES string of the molecule is C1=C[C@H](N2c3ccccc3Oc3ccccc32)CCC1.C=CC1C=CCCC1.O[C@@H]1[C@H](O)CCC[C@H]1N1c2ccccc2Oc2ccccc21.c1ccc2c(c1)Nc1ccccc1O2. The third-order valence-corrected chi connectivity index (χ3v) is 12.5. The Labute approximate surface area is 377 Å². The van der Waals surface area contributed by atoms with Gasteiger partial charge in [-0.05, 0) is 137 Å². The van der Waals surface area contributed by atoms with Gasteiger partial charge in [-0.2, -0.15) is 0 Å². The van der Waals surface area contributed by atoms with Gasteiger partial charge in [0, 0.05) is 0 Å². The first kappa shape index (κ1) is 42.6. The zero-order chi connectivity index (χ0) is 43.7. The second-order valence-electron chi connectivity index (χ2n) is 16.8. The van der Waals surface area contributed by atoms with Crippen molar-refractivity contribution < 1.29 is 24.4 Å². The first-order valence-electron chi connectivity index (χ1n) is 22.8. The molecule has 6 aromatic carbocycles. The highest BCUT2D eigenvalue weighted by molar-refractivity contribution is 5.80. The highest BCUT2D eigenvalue weighted by Gasteiger charge is 2.39. The number of benzene rings is 6. The first-order chi connectivity index (χ1) is 31.6. The molecule has 64 heavy (non-hydrogen) atoms. The number of hydrogen-bond donors (Lipinski definition) is 3. The van der Waals surface area contributed by atoms with Crippen molar-refractivity contribution in [3.63, 3.8) is 0 Å². The summed E-state index contributed by atoms with van der Waals surface area (Å²) in [5, 5.41) is 23.9. The number of aliphatic hydroxyl groups excluding tert-OH is 2. The van der Waals surface area contributed by atoms with E-state index in [4.69, 9.17) is 14.2 Å². The summed E-state index contributed by atoms with van der Waals surface area (Å²) in [6.45, 7) is 3.73. The number of aliphatic hydroxyl groups is 2. The normalized spacial score (nSPS) is 21.6. The Balaban J connectivity index is 0.000000114. The number of para-hydroxylation sites is 12. The Kier molecular flexibility index (Phi) is 13.4. The molecule has 3 aliphatic carbocycles. The van der Waals surface area contributed by atoms with Crippen LogP contribution in [0.4, 0.5) is 34.1 Å². The summed E-state index contributed by atoms with van der Waals surface area (Å²) >= 11 is 0. The van der Waals surface area contributed by atoms with Gasteiger partial charge in [0.1, 0.15) is 6.10 Å². The Morgan fingerprint density at radius 2 is 0.922 bits per heavy atom. The van der Waals surface area contributed by atoms with Crippen LogP contribution in [0, 0.1) is 5.92 Å². The van der Waals surface area contributed by atoms with Gasteiger partial charge < -0.3 is 39.5 Å². The second-order valence-corrected chi connectivity index (χ2v) is 16.8. The molecule has 3 aliphatic heterocycles. The standard InChI is InChI=1S/C18H19NO3.C18H17NO.C12H9NO.C8H12/c20-15-9-5-8-14(18(15)21)19-12-6-1-3-10-16(12)22-17-11-4-2-7-13(17)19;1-2-8-14(9-3-1)19-15-10-4-6-12-17(15)20-18-13-7-5-11-16(18)19;1-3-7-11-9(5-1)13-10-6-2-4-8-12(10)14-11;1-2-8-6-4-3-5-7-8/h1-4,6-7,10-11,14-15,18,20-21H,5,8-9H2;2,4-8,10-14H,1,3,9H2;1-8,13H;2,4,6,8H,1,3,5,7H2/t14-,15-,18+;14-;;/m10../s1. The zero-order valence-corrected chi connectivity index (χ0v) is 36.2. The maximum atomic E-state index is 10.5. The van der Waals surface area contributed by atoms with Crippen LogP contribution in [-0.2, 0) is 0 Å². The molecule has 6 aliphatic rings. The van der Waals surface area contributed by atoms with Crippen molar-refractivity contribution in [2.75, 3.05) is 15.1 Å². The van der Waals surface area contributed by atoms with Crippen LogP contribution < -0.4 is 29.3 Å². The molecule has 0 radical (unpaired) electrons. The number of allylic oxidation sites excluding steroid dienone is 4. The van der Waals surface area contributed by atoms with Crippen molar-refractivity contribution in [2.45, 2.75) is 82.1 Å². The maximum absolute atomic E-state index is 10.5. The number of fused-ring (bicyclic) bond motifs is 6. The van der Waals surface area contributed by atoms with E-state index in [0.29, 0.717) is 18.4 Å². The number of ether oxygens (including phenoxy) is 3. The van der Waals surface area contributed by atoms with Crippen LogP contribution >= 0.6 is 0 Å². The van der Waals surface area contributed by atoms with Crippen LogP contribution in [0.1, 0.15) is 57.8 Å². The maximum Gasteiger partial charge on any atom is 0.151 e. The predicted octanol–water partition coefficient (Wildman–Crippen LogP) is 14.3. The molecule has 3 N–H and O–H groups in total. The van der Waals surface area contributed by atoms with Gasteiger partial charge in [0.25, 0.3) is 0 Å². The number of rotatable bonds is 3. The molecule has 3 heterocycles. The summed E-state index contributed by atoms with van der Waals surface area (Å²) in [6.07, 6.45) is 19.7. The van der Waals surface area contributed by atoms with Gasteiger partial charge in [-0.25, -0.2) is 0 Å². The van der Waals surface area contributed by atoms with Crippen LogP contribution in [0.2, 0.25) is 0 Å². The molecule has 0 spiro atoms. The molecule has 1 fully saturated rings. The molecule has 8 nitrogen and oxygen atoms in total. The lowest BCUT2D eigenvalue weighted by Crippen LogP contribution is -2.50. The number of anilines is 6. The summed E-state index contributed by atoms with van der Waals surface area (Å²) < 4.78 is 17.7. The minimum atomic E-state index is -0.757. The Bertz CT molecular complexity index is 2410. The molecular weight excluding hydrogens is 795 g/mol. The van der Waals surface area contributed by atoms with Crippen LogP contribution in [0.25, 0.3) is 0 Å². The van der Waals surface area contributed by atoms with E-state index in [1.807, 2.05) is 127 Å². The fourth-order valence-corrected chi connectivity index (χ4v) is 9.22. The average Bonchev–Trinajstić information content (AvgIpc) is 3.36. The van der Waals surface area contributed by atoms with Crippen LogP contribution in [0.15, 0.2) is 183 Å². The van der Waals surface area contributed by atoms with E-state index in [1.54, 1.807) is 0 Å². The topological polar surface area (TPSA) is 86.7 Å². The minimum Gasteiger partial charge on any atom is -0.453 e. The lowest BCUT2D eigenvalue weighted by atomic mass is 9.88. The lowest BCUT2D eigenvalue weighted by molar-refractivity contribution is -0.0206. The summed E-state index contributed by atoms with van der Waals surface area (Å²) in [7, 11) is 0. The van der Waals surface area contributed by atoms with E-state index in [9.17, 15) is 10.2 Å². The summed E-state index contributed by atoms with van der Waals surface area (Å²) in [4.78, 5) is 4.55. The molecule has 1 saturated carbocycles. The molecular formula is C56H57N3O5. The molecule has 5 atom stereocenters. The third-order valence-electron chi connectivity index (χ3n) is 12.5. The average molecular weight is 852 g/mol. The Hall–Kier alpha value is -6.74. The molecule has 0 bridgehead atoms. The largest absolute Gasteiger partial charge is 0.453 e. The van der Waals surface area contributed by atoms with Gasteiger partial charge >= 0.3 is 0 Å². The highest BCUT2D eigenvalue weighted by atomic mass is 16.5. The van der Waals surface area contributed by atoms with Gasteiger partial charge in [-0.1, -0.05) is 103 Å². The predicted molar refractivity (Wildman–Crippen MR) is 260 cm³/mol. The minimum absolute atomic E-state index is 0.144. The summed E-state index contributed by atoms with van der Waals surface area (Å²) in [5.41, 5.74) is 6.27. The molecule has 1 unspecified atom stereocenters. The highest BCUT2D eigenvalue weighted by Crippen LogP contribution is 2.50. The second kappa shape index (κ2) is 20.2.